The first-order valence-corrected chi connectivity index (χ1v) is 9.90. The lowest BCUT2D eigenvalue weighted by Gasteiger charge is -2.21. The third-order valence-electron chi connectivity index (χ3n) is 4.05. The van der Waals surface area contributed by atoms with Crippen molar-refractivity contribution < 1.29 is 4.74 Å². The minimum absolute atomic E-state index is 0.111. The Morgan fingerprint density at radius 3 is 1.88 bits per heavy atom. The Hall–Kier alpha value is -1.83. The van der Waals surface area contributed by atoms with Gasteiger partial charge in [-0.25, -0.2) is 0 Å². The number of hydrogen-bond acceptors (Lipinski definition) is 2. The lowest BCUT2D eigenvalue weighted by molar-refractivity contribution is 0.416. The van der Waals surface area contributed by atoms with Gasteiger partial charge in [-0.1, -0.05) is 74.4 Å². The van der Waals surface area contributed by atoms with Gasteiger partial charge >= 0.3 is 0 Å². The van der Waals surface area contributed by atoms with Crippen LogP contribution in [0.15, 0.2) is 30.3 Å². The molecule has 0 fully saturated rings. The highest BCUT2D eigenvalue weighted by Gasteiger charge is 2.18. The number of pyridine rings is 1. The van der Waals surface area contributed by atoms with E-state index in [9.17, 15) is 0 Å². The molecule has 0 unspecified atom stereocenters. The Kier molecular flexibility index (Phi) is 10.2. The van der Waals surface area contributed by atoms with Crippen LogP contribution >= 0.6 is 0 Å². The summed E-state index contributed by atoms with van der Waals surface area (Å²) in [7, 11) is 1.72. The number of hydrogen-bond donors (Lipinski definition) is 0. The highest BCUT2D eigenvalue weighted by atomic mass is 16.5. The van der Waals surface area contributed by atoms with Crippen molar-refractivity contribution in [2.24, 2.45) is 0 Å². The molecule has 1 aromatic heterocycles. The molecule has 2 nitrogen and oxygen atoms in total. The molecule has 2 aromatic rings. The second-order valence-electron chi connectivity index (χ2n) is 7.19. The molecular formula is C24H39NO. The third-order valence-corrected chi connectivity index (χ3v) is 4.05. The zero-order valence-electron chi connectivity index (χ0n) is 18.8. The van der Waals surface area contributed by atoms with Gasteiger partial charge < -0.3 is 4.74 Å². The van der Waals surface area contributed by atoms with E-state index >= 15 is 0 Å². The van der Waals surface area contributed by atoms with Crippen molar-refractivity contribution in [3.63, 3.8) is 0 Å². The molecule has 0 saturated carbocycles. The van der Waals surface area contributed by atoms with Gasteiger partial charge in [0.15, 0.2) is 0 Å². The zero-order chi connectivity index (χ0) is 20.5. The minimum Gasteiger partial charge on any atom is -0.496 e. The molecule has 0 amide bonds. The summed E-state index contributed by atoms with van der Waals surface area (Å²) in [6.45, 7) is 21.1. The molecule has 0 aliphatic heterocycles. The van der Waals surface area contributed by atoms with Crippen molar-refractivity contribution in [1.29, 1.82) is 0 Å². The van der Waals surface area contributed by atoms with Gasteiger partial charge in [0.1, 0.15) is 5.75 Å². The lowest BCUT2D eigenvalue weighted by Crippen LogP contribution is -2.11. The maximum absolute atomic E-state index is 5.57. The first kappa shape index (κ1) is 24.2. The fourth-order valence-corrected chi connectivity index (χ4v) is 2.57. The van der Waals surface area contributed by atoms with Gasteiger partial charge in [0, 0.05) is 22.5 Å². The molecule has 2 rings (SSSR count). The van der Waals surface area contributed by atoms with Gasteiger partial charge in [0.25, 0.3) is 0 Å². The minimum atomic E-state index is 0.111. The average Bonchev–Trinajstić information content (AvgIpc) is 2.63. The van der Waals surface area contributed by atoms with Crippen molar-refractivity contribution in [3.8, 4) is 16.9 Å². The monoisotopic (exact) mass is 357 g/mol. The molecule has 0 saturated heterocycles. The molecular weight excluding hydrogens is 318 g/mol. The fourth-order valence-electron chi connectivity index (χ4n) is 2.57. The van der Waals surface area contributed by atoms with Gasteiger partial charge in [-0.2, -0.15) is 0 Å². The van der Waals surface area contributed by atoms with E-state index in [4.69, 9.17) is 9.72 Å². The van der Waals surface area contributed by atoms with Crippen LogP contribution in [0.1, 0.15) is 85.2 Å². The van der Waals surface area contributed by atoms with Crippen molar-refractivity contribution in [3.05, 3.63) is 47.3 Å². The third kappa shape index (κ3) is 6.16. The van der Waals surface area contributed by atoms with Crippen LogP contribution in [0.4, 0.5) is 0 Å². The van der Waals surface area contributed by atoms with E-state index in [0.29, 0.717) is 5.92 Å². The Labute approximate surface area is 162 Å². The Morgan fingerprint density at radius 1 is 0.885 bits per heavy atom. The first-order chi connectivity index (χ1) is 12.2. The fraction of sp³-hybridized carbons (Fsp3) is 0.542. The van der Waals surface area contributed by atoms with E-state index in [2.05, 4.69) is 71.9 Å². The van der Waals surface area contributed by atoms with Crippen molar-refractivity contribution in [1.82, 2.24) is 4.98 Å². The molecule has 0 radical (unpaired) electrons. The predicted molar refractivity (Wildman–Crippen MR) is 116 cm³/mol. The quantitative estimate of drug-likeness (QED) is 0.566. The molecule has 0 spiro atoms. The van der Waals surface area contributed by atoms with Crippen LogP contribution in [0.2, 0.25) is 0 Å². The number of aromatic nitrogens is 1. The van der Waals surface area contributed by atoms with E-state index in [-0.39, 0.29) is 5.41 Å². The standard InChI is InChI=1S/C20H27NO.2C2H6/c1-13(2)18-10-9-16(14(3)21-18)17-12-15(20(4,5)6)8-11-19(17)22-7;2*1-2/h8-13H,1-7H3;2*1-2H3. The smallest absolute Gasteiger partial charge is 0.126 e. The zero-order valence-corrected chi connectivity index (χ0v) is 18.8. The molecule has 146 valence electrons. The normalized spacial score (nSPS) is 10.5. The molecule has 0 atom stereocenters. The van der Waals surface area contributed by atoms with Crippen LogP contribution in [0.3, 0.4) is 0 Å². The van der Waals surface area contributed by atoms with Crippen LogP contribution in [0.5, 0.6) is 5.75 Å². The number of rotatable bonds is 3. The van der Waals surface area contributed by atoms with Crippen LogP contribution < -0.4 is 4.74 Å². The molecule has 0 N–H and O–H groups in total. The Bertz CT molecular complexity index is 666. The predicted octanol–water partition coefficient (Wildman–Crippen LogP) is 7.54. The van der Waals surface area contributed by atoms with Crippen LogP contribution in [-0.2, 0) is 5.41 Å². The van der Waals surface area contributed by atoms with E-state index in [1.54, 1.807) is 7.11 Å². The summed E-state index contributed by atoms with van der Waals surface area (Å²) in [6, 6.07) is 10.7. The maximum atomic E-state index is 5.57. The summed E-state index contributed by atoms with van der Waals surface area (Å²) >= 11 is 0. The molecule has 0 aliphatic carbocycles. The number of ether oxygens (including phenoxy) is 1. The number of nitrogens with zero attached hydrogens (tertiary/aromatic N) is 1. The Balaban J connectivity index is 0.00000146. The summed E-state index contributed by atoms with van der Waals surface area (Å²) in [6.07, 6.45) is 0. The van der Waals surface area contributed by atoms with Gasteiger partial charge in [-0.3, -0.25) is 4.98 Å². The number of benzene rings is 1. The van der Waals surface area contributed by atoms with Crippen molar-refractivity contribution >= 4 is 0 Å². The van der Waals surface area contributed by atoms with E-state index in [1.165, 1.54) is 5.56 Å². The van der Waals surface area contributed by atoms with E-state index in [1.807, 2.05) is 27.7 Å². The van der Waals surface area contributed by atoms with Crippen LogP contribution in [-0.4, -0.2) is 12.1 Å². The Morgan fingerprint density at radius 2 is 1.46 bits per heavy atom. The van der Waals surface area contributed by atoms with E-state index < -0.39 is 0 Å². The molecule has 1 aromatic carbocycles. The molecule has 1 heterocycles. The SMILES string of the molecule is CC.CC.COc1ccc(C(C)(C)C)cc1-c1ccc(C(C)C)nc1C. The summed E-state index contributed by atoms with van der Waals surface area (Å²) in [5.41, 5.74) is 5.86. The molecule has 0 bridgehead atoms. The highest BCUT2D eigenvalue weighted by molar-refractivity contribution is 5.73. The van der Waals surface area contributed by atoms with Gasteiger partial charge in [-0.05, 0) is 42.0 Å². The summed E-state index contributed by atoms with van der Waals surface area (Å²) in [5, 5.41) is 0. The van der Waals surface area contributed by atoms with Crippen LogP contribution in [0, 0.1) is 6.92 Å². The molecule has 2 heteroatoms. The summed E-state index contributed by atoms with van der Waals surface area (Å²) in [4.78, 5) is 4.76. The highest BCUT2D eigenvalue weighted by Crippen LogP contribution is 2.36. The molecule has 26 heavy (non-hydrogen) atoms. The average molecular weight is 358 g/mol. The summed E-state index contributed by atoms with van der Waals surface area (Å²) in [5.74, 6) is 1.34. The number of methoxy groups -OCH3 is 1. The van der Waals surface area contributed by atoms with Gasteiger partial charge in [0.05, 0.1) is 7.11 Å². The topological polar surface area (TPSA) is 22.1 Å². The van der Waals surface area contributed by atoms with Crippen molar-refractivity contribution in [2.75, 3.05) is 7.11 Å². The van der Waals surface area contributed by atoms with Crippen molar-refractivity contribution in [2.45, 2.75) is 80.6 Å². The maximum Gasteiger partial charge on any atom is 0.126 e. The first-order valence-electron chi connectivity index (χ1n) is 9.90. The second kappa shape index (κ2) is 11.0. The molecule has 0 aliphatic rings. The van der Waals surface area contributed by atoms with Gasteiger partial charge in [0.2, 0.25) is 0 Å². The lowest BCUT2D eigenvalue weighted by atomic mass is 9.85. The van der Waals surface area contributed by atoms with Gasteiger partial charge in [-0.15, -0.1) is 0 Å². The second-order valence-corrected chi connectivity index (χ2v) is 7.19. The summed E-state index contributed by atoms with van der Waals surface area (Å²) < 4.78 is 5.57. The number of aryl methyl sites for hydroxylation is 1. The van der Waals surface area contributed by atoms with Crippen LogP contribution in [0.25, 0.3) is 11.1 Å². The van der Waals surface area contributed by atoms with E-state index in [0.717, 1.165) is 28.3 Å². The largest absolute Gasteiger partial charge is 0.496 e.